The number of halogens is 2. The monoisotopic (exact) mass is 353 g/mol. The molecule has 0 bridgehead atoms. The maximum atomic E-state index is 13.7. The first-order chi connectivity index (χ1) is 11.1. The Morgan fingerprint density at radius 1 is 1.35 bits per heavy atom. The van der Waals surface area contributed by atoms with Gasteiger partial charge < -0.3 is 5.11 Å². The molecular formula is C17H17ClFNO2S. The topological polar surface area (TPSA) is 40.5 Å². The first-order valence-electron chi connectivity index (χ1n) is 7.55. The maximum absolute atomic E-state index is 13.7. The third kappa shape index (κ3) is 3.57. The summed E-state index contributed by atoms with van der Waals surface area (Å²) in [5.41, 5.74) is 0.761. The second-order valence-corrected chi connectivity index (χ2v) is 7.43. The van der Waals surface area contributed by atoms with Gasteiger partial charge in [0, 0.05) is 4.88 Å². The minimum Gasteiger partial charge on any atom is -0.480 e. The van der Waals surface area contributed by atoms with Crippen LogP contribution in [0.4, 0.5) is 4.39 Å². The van der Waals surface area contributed by atoms with Crippen LogP contribution in [0.25, 0.3) is 0 Å². The minimum atomic E-state index is -0.825. The fraction of sp³-hybridized carbons (Fsp3) is 0.353. The fourth-order valence-electron chi connectivity index (χ4n) is 3.20. The average molecular weight is 354 g/mol. The van der Waals surface area contributed by atoms with Gasteiger partial charge in [-0.2, -0.15) is 0 Å². The number of hydrogen-bond acceptors (Lipinski definition) is 3. The molecule has 1 N–H and O–H groups in total. The molecule has 1 aromatic heterocycles. The molecule has 1 aromatic carbocycles. The van der Waals surface area contributed by atoms with Crippen molar-refractivity contribution in [1.29, 1.82) is 0 Å². The van der Waals surface area contributed by atoms with E-state index in [0.29, 0.717) is 17.3 Å². The largest absolute Gasteiger partial charge is 0.480 e. The lowest BCUT2D eigenvalue weighted by Gasteiger charge is -2.39. The van der Waals surface area contributed by atoms with E-state index in [0.717, 1.165) is 23.3 Å². The van der Waals surface area contributed by atoms with Crippen molar-refractivity contribution in [2.75, 3.05) is 6.54 Å². The number of carbonyl (C=O) groups is 1. The highest BCUT2D eigenvalue weighted by Crippen LogP contribution is 2.38. The molecule has 6 heteroatoms. The molecule has 0 aliphatic carbocycles. The summed E-state index contributed by atoms with van der Waals surface area (Å²) in [6.07, 6.45) is 2.45. The summed E-state index contributed by atoms with van der Waals surface area (Å²) >= 11 is 7.48. The van der Waals surface area contributed by atoms with Crippen molar-refractivity contribution in [3.8, 4) is 0 Å². The van der Waals surface area contributed by atoms with Crippen molar-refractivity contribution < 1.29 is 14.3 Å². The predicted molar refractivity (Wildman–Crippen MR) is 89.6 cm³/mol. The van der Waals surface area contributed by atoms with E-state index < -0.39 is 12.0 Å². The van der Waals surface area contributed by atoms with Gasteiger partial charge in [0.1, 0.15) is 11.9 Å². The number of nitrogens with zero attached hydrogens (tertiary/aromatic N) is 1. The zero-order valence-electron chi connectivity index (χ0n) is 12.4. The minimum absolute atomic E-state index is 0.287. The number of thiophene rings is 1. The number of piperidine rings is 1. The van der Waals surface area contributed by atoms with Gasteiger partial charge in [0.15, 0.2) is 0 Å². The van der Waals surface area contributed by atoms with Gasteiger partial charge in [-0.25, -0.2) is 4.39 Å². The van der Waals surface area contributed by atoms with Crippen LogP contribution in [0.15, 0.2) is 36.4 Å². The molecule has 2 atom stereocenters. The van der Waals surface area contributed by atoms with Gasteiger partial charge >= 0.3 is 5.97 Å². The van der Waals surface area contributed by atoms with Crippen LogP contribution in [0.3, 0.4) is 0 Å². The quantitative estimate of drug-likeness (QED) is 0.875. The van der Waals surface area contributed by atoms with E-state index in [1.165, 1.54) is 23.5 Å². The Kier molecular flexibility index (Phi) is 4.99. The van der Waals surface area contributed by atoms with Crippen LogP contribution in [0, 0.1) is 5.82 Å². The summed E-state index contributed by atoms with van der Waals surface area (Å²) < 4.78 is 14.4. The average Bonchev–Trinajstić information content (AvgIpc) is 2.94. The van der Waals surface area contributed by atoms with Crippen molar-refractivity contribution in [1.82, 2.24) is 4.90 Å². The standard InChI is InChI=1S/C17H17ClFNO2S/c18-15-8-7-14(23-15)16(11-4-3-5-12(19)10-11)20-9-2-1-6-13(20)17(21)22/h3-5,7-8,10,13,16H,1-2,6,9H2,(H,21,22). The van der Waals surface area contributed by atoms with Gasteiger partial charge in [0.25, 0.3) is 0 Å². The smallest absolute Gasteiger partial charge is 0.320 e. The maximum Gasteiger partial charge on any atom is 0.320 e. The van der Waals surface area contributed by atoms with E-state index in [1.807, 2.05) is 17.0 Å². The molecule has 2 aromatic rings. The van der Waals surface area contributed by atoms with Crippen LogP contribution in [0.1, 0.15) is 35.7 Å². The Balaban J connectivity index is 2.05. The van der Waals surface area contributed by atoms with Gasteiger partial charge in [0.05, 0.1) is 10.4 Å². The molecule has 3 nitrogen and oxygen atoms in total. The highest BCUT2D eigenvalue weighted by molar-refractivity contribution is 7.16. The molecule has 1 aliphatic heterocycles. The van der Waals surface area contributed by atoms with Crippen LogP contribution in [-0.2, 0) is 4.79 Å². The Morgan fingerprint density at radius 2 is 2.17 bits per heavy atom. The van der Waals surface area contributed by atoms with Crippen molar-refractivity contribution in [2.24, 2.45) is 0 Å². The van der Waals surface area contributed by atoms with E-state index in [-0.39, 0.29) is 11.9 Å². The van der Waals surface area contributed by atoms with Crippen LogP contribution in [0.2, 0.25) is 4.34 Å². The normalized spacial score (nSPS) is 20.3. The van der Waals surface area contributed by atoms with Gasteiger partial charge in [-0.1, -0.05) is 30.2 Å². The zero-order chi connectivity index (χ0) is 16.4. The lowest BCUT2D eigenvalue weighted by atomic mass is 9.95. The number of benzene rings is 1. The van der Waals surface area contributed by atoms with Crippen molar-refractivity contribution in [3.63, 3.8) is 0 Å². The van der Waals surface area contributed by atoms with E-state index in [4.69, 9.17) is 11.6 Å². The number of carboxylic acid groups (broad SMARTS) is 1. The van der Waals surface area contributed by atoms with E-state index in [1.54, 1.807) is 12.1 Å². The summed E-state index contributed by atoms with van der Waals surface area (Å²) in [4.78, 5) is 14.6. The van der Waals surface area contributed by atoms with Crippen LogP contribution < -0.4 is 0 Å². The highest BCUT2D eigenvalue weighted by atomic mass is 35.5. The zero-order valence-corrected chi connectivity index (χ0v) is 14.0. The molecule has 3 rings (SSSR count). The van der Waals surface area contributed by atoms with Crippen molar-refractivity contribution in [2.45, 2.75) is 31.3 Å². The van der Waals surface area contributed by atoms with E-state index in [2.05, 4.69) is 0 Å². The molecule has 0 saturated carbocycles. The summed E-state index contributed by atoms with van der Waals surface area (Å²) in [6, 6.07) is 9.23. The first-order valence-corrected chi connectivity index (χ1v) is 8.75. The van der Waals surface area contributed by atoms with E-state index >= 15 is 0 Å². The third-order valence-corrected chi connectivity index (χ3v) is 5.47. The molecule has 2 heterocycles. The molecular weight excluding hydrogens is 337 g/mol. The molecule has 1 fully saturated rings. The van der Waals surface area contributed by atoms with Crippen molar-refractivity contribution >= 4 is 28.9 Å². The SMILES string of the molecule is O=C(O)C1CCCCN1C(c1cccc(F)c1)c1ccc(Cl)s1. The van der Waals surface area contributed by atoms with Gasteiger partial charge in [-0.3, -0.25) is 9.69 Å². The summed E-state index contributed by atoms with van der Waals surface area (Å²) in [6.45, 7) is 0.674. The molecule has 1 aliphatic rings. The number of carboxylic acids is 1. The summed E-state index contributed by atoms with van der Waals surface area (Å²) in [5.74, 6) is -1.15. The Bertz CT molecular complexity index is 705. The van der Waals surface area contributed by atoms with E-state index in [9.17, 15) is 14.3 Å². The Labute approximate surface area is 143 Å². The summed E-state index contributed by atoms with van der Waals surface area (Å²) in [7, 11) is 0. The highest BCUT2D eigenvalue weighted by Gasteiger charge is 2.35. The lowest BCUT2D eigenvalue weighted by molar-refractivity contribution is -0.145. The first kappa shape index (κ1) is 16.4. The van der Waals surface area contributed by atoms with Crippen molar-refractivity contribution in [3.05, 3.63) is 57.0 Å². The number of hydrogen-bond donors (Lipinski definition) is 1. The Morgan fingerprint density at radius 3 is 2.83 bits per heavy atom. The second-order valence-electron chi connectivity index (χ2n) is 5.69. The molecule has 1 saturated heterocycles. The fourth-order valence-corrected chi connectivity index (χ4v) is 4.41. The number of likely N-dealkylation sites (tertiary alicyclic amines) is 1. The molecule has 23 heavy (non-hydrogen) atoms. The number of rotatable bonds is 4. The molecule has 2 unspecified atom stereocenters. The molecule has 0 amide bonds. The number of aliphatic carboxylic acids is 1. The predicted octanol–water partition coefficient (Wildman–Crippen LogP) is 4.57. The second kappa shape index (κ2) is 6.99. The van der Waals surface area contributed by atoms with Gasteiger partial charge in [0.2, 0.25) is 0 Å². The Hall–Kier alpha value is -1.43. The molecule has 0 spiro atoms. The van der Waals surface area contributed by atoms with Crippen LogP contribution in [-0.4, -0.2) is 28.6 Å². The van der Waals surface area contributed by atoms with Gasteiger partial charge in [-0.15, -0.1) is 11.3 Å². The third-order valence-electron chi connectivity index (χ3n) is 4.19. The van der Waals surface area contributed by atoms with Crippen LogP contribution in [0.5, 0.6) is 0 Å². The van der Waals surface area contributed by atoms with Gasteiger partial charge in [-0.05, 0) is 49.2 Å². The molecule has 122 valence electrons. The van der Waals surface area contributed by atoms with Crippen LogP contribution >= 0.6 is 22.9 Å². The lowest BCUT2D eigenvalue weighted by Crippen LogP contribution is -2.46. The molecule has 0 radical (unpaired) electrons. The summed E-state index contributed by atoms with van der Waals surface area (Å²) in [5, 5.41) is 9.57.